The maximum Gasteiger partial charge on any atom is 0.243 e. The summed E-state index contributed by atoms with van der Waals surface area (Å²) in [5.74, 6) is -4.06. The zero-order valence-corrected chi connectivity index (χ0v) is 6.83. The van der Waals surface area contributed by atoms with Crippen LogP contribution in [0.4, 0.5) is 24.5 Å². The second kappa shape index (κ2) is 2.90. The normalized spacial score (nSPS) is 14.4. The predicted molar refractivity (Wildman–Crippen MR) is 43.4 cm³/mol. The van der Waals surface area contributed by atoms with Gasteiger partial charge in [0.25, 0.3) is 0 Å². The third-order valence-electron chi connectivity index (χ3n) is 1.86. The van der Waals surface area contributed by atoms with Crippen molar-refractivity contribution in [3.05, 3.63) is 23.5 Å². The van der Waals surface area contributed by atoms with Gasteiger partial charge in [0.1, 0.15) is 5.69 Å². The van der Waals surface area contributed by atoms with Crippen molar-refractivity contribution < 1.29 is 18.0 Å². The fourth-order valence-corrected chi connectivity index (χ4v) is 1.24. The second-order valence-electron chi connectivity index (χ2n) is 2.81. The first-order valence-corrected chi connectivity index (χ1v) is 3.81. The van der Waals surface area contributed by atoms with Gasteiger partial charge in [0.15, 0.2) is 17.5 Å². The molecule has 2 rings (SSSR count). The molecule has 0 aromatic heterocycles. The molecule has 0 bridgehead atoms. The van der Waals surface area contributed by atoms with Gasteiger partial charge in [-0.1, -0.05) is 0 Å². The summed E-state index contributed by atoms with van der Waals surface area (Å²) in [6.07, 6.45) is 0. The van der Waals surface area contributed by atoms with Gasteiger partial charge in [-0.15, -0.1) is 0 Å². The lowest BCUT2D eigenvalue weighted by Gasteiger charge is -2.19. The Labute approximate surface area is 76.9 Å². The molecule has 1 aromatic rings. The smallest absolute Gasteiger partial charge is 0.243 e. The first kappa shape index (κ1) is 8.86. The summed E-state index contributed by atoms with van der Waals surface area (Å²) < 4.78 is 38.8. The Balaban J connectivity index is 2.63. The molecule has 14 heavy (non-hydrogen) atoms. The maximum absolute atomic E-state index is 13.0. The average molecular weight is 202 g/mol. The summed E-state index contributed by atoms with van der Waals surface area (Å²) in [7, 11) is 0. The Bertz CT molecular complexity index is 420. The third-order valence-corrected chi connectivity index (χ3v) is 1.86. The number of fused-ring (bicyclic) bond motifs is 1. The molecular formula is C8H5F3N2O. The average Bonchev–Trinajstić information content (AvgIpc) is 2.14. The van der Waals surface area contributed by atoms with Crippen LogP contribution in [0.2, 0.25) is 0 Å². The monoisotopic (exact) mass is 202 g/mol. The highest BCUT2D eigenvalue weighted by atomic mass is 19.2. The van der Waals surface area contributed by atoms with E-state index in [0.29, 0.717) is 6.07 Å². The van der Waals surface area contributed by atoms with Gasteiger partial charge in [0.2, 0.25) is 5.91 Å². The first-order valence-electron chi connectivity index (χ1n) is 3.81. The molecule has 1 heterocycles. The SMILES string of the molecule is O=C1CNc2c(F)cc(F)c(F)c2N1. The van der Waals surface area contributed by atoms with Crippen LogP contribution in [0, 0.1) is 17.5 Å². The number of rotatable bonds is 0. The van der Waals surface area contributed by atoms with Crippen LogP contribution in [0.15, 0.2) is 6.07 Å². The van der Waals surface area contributed by atoms with Crippen LogP contribution < -0.4 is 10.6 Å². The lowest BCUT2D eigenvalue weighted by atomic mass is 10.2. The minimum atomic E-state index is -1.33. The molecule has 1 aliphatic rings. The Morgan fingerprint density at radius 1 is 1.14 bits per heavy atom. The van der Waals surface area contributed by atoms with E-state index in [4.69, 9.17) is 0 Å². The van der Waals surface area contributed by atoms with Crippen LogP contribution in [-0.4, -0.2) is 12.5 Å². The van der Waals surface area contributed by atoms with E-state index >= 15 is 0 Å². The summed E-state index contributed by atoms with van der Waals surface area (Å²) >= 11 is 0. The van der Waals surface area contributed by atoms with Gasteiger partial charge >= 0.3 is 0 Å². The number of amides is 1. The van der Waals surface area contributed by atoms with Gasteiger partial charge in [-0.05, 0) is 0 Å². The Morgan fingerprint density at radius 3 is 2.57 bits per heavy atom. The standard InChI is InChI=1S/C8H5F3N2O/c9-3-1-4(10)7-8(6(3)11)13-5(14)2-12-7/h1,12H,2H2,(H,13,14). The van der Waals surface area contributed by atoms with E-state index < -0.39 is 29.0 Å². The summed E-state index contributed by atoms with van der Waals surface area (Å²) in [6, 6.07) is 0.429. The number of carbonyl (C=O) groups is 1. The summed E-state index contributed by atoms with van der Waals surface area (Å²) in [4.78, 5) is 10.8. The van der Waals surface area contributed by atoms with E-state index in [0.717, 1.165) is 0 Å². The summed E-state index contributed by atoms with van der Waals surface area (Å²) in [6.45, 7) is -0.158. The minimum absolute atomic E-state index is 0.158. The highest BCUT2D eigenvalue weighted by Gasteiger charge is 2.24. The lowest BCUT2D eigenvalue weighted by Crippen LogP contribution is -2.29. The van der Waals surface area contributed by atoms with Gasteiger partial charge in [-0.25, -0.2) is 13.2 Å². The van der Waals surface area contributed by atoms with Crippen molar-refractivity contribution in [1.82, 2.24) is 0 Å². The number of carbonyl (C=O) groups excluding carboxylic acids is 1. The van der Waals surface area contributed by atoms with Crippen molar-refractivity contribution in [2.75, 3.05) is 17.2 Å². The van der Waals surface area contributed by atoms with E-state index in [2.05, 4.69) is 10.6 Å². The maximum atomic E-state index is 13.0. The van der Waals surface area contributed by atoms with Crippen LogP contribution in [0.25, 0.3) is 0 Å². The van der Waals surface area contributed by atoms with Gasteiger partial charge in [0, 0.05) is 6.07 Å². The van der Waals surface area contributed by atoms with Crippen LogP contribution >= 0.6 is 0 Å². The fraction of sp³-hybridized carbons (Fsp3) is 0.125. The summed E-state index contributed by atoms with van der Waals surface area (Å²) in [5.41, 5.74) is -0.692. The first-order chi connectivity index (χ1) is 6.59. The van der Waals surface area contributed by atoms with Crippen molar-refractivity contribution in [1.29, 1.82) is 0 Å². The van der Waals surface area contributed by atoms with Gasteiger partial charge in [-0.3, -0.25) is 4.79 Å². The Hall–Kier alpha value is -1.72. The zero-order valence-electron chi connectivity index (χ0n) is 6.83. The molecule has 74 valence electrons. The molecule has 2 N–H and O–H groups in total. The molecule has 0 aliphatic carbocycles. The quantitative estimate of drug-likeness (QED) is 0.625. The molecule has 0 saturated carbocycles. The van der Waals surface area contributed by atoms with Crippen molar-refractivity contribution in [2.24, 2.45) is 0 Å². The van der Waals surface area contributed by atoms with E-state index in [9.17, 15) is 18.0 Å². The molecule has 0 radical (unpaired) electrons. The number of halogens is 3. The molecule has 3 nitrogen and oxygen atoms in total. The molecular weight excluding hydrogens is 197 g/mol. The number of anilines is 2. The van der Waals surface area contributed by atoms with Crippen molar-refractivity contribution >= 4 is 17.3 Å². The molecule has 0 fully saturated rings. The summed E-state index contributed by atoms with van der Waals surface area (Å²) in [5, 5.41) is 4.41. The van der Waals surface area contributed by atoms with E-state index in [1.165, 1.54) is 0 Å². The molecule has 1 aliphatic heterocycles. The highest BCUT2D eigenvalue weighted by Crippen LogP contribution is 2.32. The molecule has 0 saturated heterocycles. The number of hydrogen-bond acceptors (Lipinski definition) is 2. The highest BCUT2D eigenvalue weighted by molar-refractivity contribution is 6.00. The van der Waals surface area contributed by atoms with Gasteiger partial charge in [0.05, 0.1) is 12.2 Å². The topological polar surface area (TPSA) is 41.1 Å². The van der Waals surface area contributed by atoms with Crippen LogP contribution in [0.3, 0.4) is 0 Å². The second-order valence-corrected chi connectivity index (χ2v) is 2.81. The minimum Gasteiger partial charge on any atom is -0.372 e. The zero-order chi connectivity index (χ0) is 10.3. The van der Waals surface area contributed by atoms with Crippen molar-refractivity contribution in [3.63, 3.8) is 0 Å². The largest absolute Gasteiger partial charge is 0.372 e. The molecule has 1 amide bonds. The van der Waals surface area contributed by atoms with Crippen molar-refractivity contribution in [3.8, 4) is 0 Å². The van der Waals surface area contributed by atoms with E-state index in [1.54, 1.807) is 0 Å². The molecule has 1 aromatic carbocycles. The van der Waals surface area contributed by atoms with Crippen molar-refractivity contribution in [2.45, 2.75) is 0 Å². The predicted octanol–water partition coefficient (Wildman–Crippen LogP) is 1.47. The number of nitrogens with one attached hydrogen (secondary N) is 2. The fourth-order valence-electron chi connectivity index (χ4n) is 1.24. The van der Waals surface area contributed by atoms with Crippen LogP contribution in [0.1, 0.15) is 0 Å². The van der Waals surface area contributed by atoms with Gasteiger partial charge in [-0.2, -0.15) is 0 Å². The third kappa shape index (κ3) is 1.19. The molecule has 6 heteroatoms. The molecule has 0 unspecified atom stereocenters. The van der Waals surface area contributed by atoms with Crippen LogP contribution in [0.5, 0.6) is 0 Å². The number of benzene rings is 1. The Kier molecular flexibility index (Phi) is 1.83. The van der Waals surface area contributed by atoms with Crippen LogP contribution in [-0.2, 0) is 4.79 Å². The Morgan fingerprint density at radius 2 is 1.86 bits per heavy atom. The number of hydrogen-bond donors (Lipinski definition) is 2. The van der Waals surface area contributed by atoms with Gasteiger partial charge < -0.3 is 10.6 Å². The van der Waals surface area contributed by atoms with E-state index in [-0.39, 0.29) is 12.2 Å². The molecule has 0 atom stereocenters. The molecule has 0 spiro atoms. The van der Waals surface area contributed by atoms with E-state index in [1.807, 2.05) is 0 Å². The lowest BCUT2D eigenvalue weighted by molar-refractivity contribution is -0.114.